The number of aromatic amines is 1. The minimum atomic E-state index is -4.44. The van der Waals surface area contributed by atoms with Crippen LogP contribution in [0.1, 0.15) is 29.6 Å². The number of amides is 1. The summed E-state index contributed by atoms with van der Waals surface area (Å²) < 4.78 is 34.1. The molecule has 2 aromatic heterocycles. The molecule has 3 heterocycles. The monoisotopic (exact) mass is 562 g/mol. The van der Waals surface area contributed by atoms with E-state index in [0.29, 0.717) is 17.4 Å². The van der Waals surface area contributed by atoms with E-state index in [4.69, 9.17) is 4.74 Å². The van der Waals surface area contributed by atoms with Gasteiger partial charge in [0.1, 0.15) is 22.8 Å². The normalized spacial score (nSPS) is 17.6. The van der Waals surface area contributed by atoms with Crippen LogP contribution < -0.4 is 14.8 Å². The highest BCUT2D eigenvalue weighted by molar-refractivity contribution is 7.90. The van der Waals surface area contributed by atoms with Gasteiger partial charge in [0.25, 0.3) is 21.6 Å². The molecule has 13 heteroatoms. The number of pyridine rings is 1. The first kappa shape index (κ1) is 25.8. The van der Waals surface area contributed by atoms with Gasteiger partial charge in [0.15, 0.2) is 0 Å². The molecule has 1 aliphatic carbocycles. The lowest BCUT2D eigenvalue weighted by Crippen LogP contribution is -2.31. The summed E-state index contributed by atoms with van der Waals surface area (Å²) in [6.07, 6.45) is 6.43. The number of H-pyrrole nitrogens is 1. The minimum absolute atomic E-state index is 0.0329. The number of nitrogens with zero attached hydrogens (tertiary/aromatic N) is 3. The second-order valence-corrected chi connectivity index (χ2v) is 11.6. The number of hydrogen-bond donors (Lipinski definition) is 3. The molecule has 1 atom stereocenters. The third-order valence-electron chi connectivity index (χ3n) is 7.08. The third kappa shape index (κ3) is 5.33. The molecule has 0 spiro atoms. The molecule has 1 saturated heterocycles. The zero-order chi connectivity index (χ0) is 27.9. The second-order valence-electron chi connectivity index (χ2n) is 9.91. The van der Waals surface area contributed by atoms with Crippen LogP contribution in [0.5, 0.6) is 11.5 Å². The van der Waals surface area contributed by atoms with Crippen molar-refractivity contribution in [3.8, 4) is 11.5 Å². The van der Waals surface area contributed by atoms with Gasteiger partial charge in [0.2, 0.25) is 0 Å². The molecule has 1 aliphatic heterocycles. The number of sulfonamides is 1. The SMILES string of the molecule is O=C(NS(=O)(=O)c1ccc(N[C@@H]2CCN(C3CC3)C2)c([N+](=O)[O-])c1)c1ccccc1Oc1cnc2[nH]ccc2c1. The number of hydrogen-bond acceptors (Lipinski definition) is 9. The minimum Gasteiger partial charge on any atom is -0.455 e. The lowest BCUT2D eigenvalue weighted by molar-refractivity contribution is -0.384. The van der Waals surface area contributed by atoms with Crippen molar-refractivity contribution in [3.63, 3.8) is 0 Å². The summed E-state index contributed by atoms with van der Waals surface area (Å²) >= 11 is 0. The first-order chi connectivity index (χ1) is 19.3. The molecule has 3 N–H and O–H groups in total. The third-order valence-corrected chi connectivity index (χ3v) is 8.41. The number of anilines is 1. The zero-order valence-corrected chi connectivity index (χ0v) is 22.1. The molecule has 4 aromatic rings. The van der Waals surface area contributed by atoms with E-state index in [1.54, 1.807) is 24.4 Å². The number of carbonyl (C=O) groups excluding carboxylic acids is 1. The van der Waals surface area contributed by atoms with E-state index in [-0.39, 0.29) is 28.7 Å². The van der Waals surface area contributed by atoms with Gasteiger partial charge in [-0.15, -0.1) is 0 Å². The van der Waals surface area contributed by atoms with Gasteiger partial charge in [-0.2, -0.15) is 0 Å². The van der Waals surface area contributed by atoms with Gasteiger partial charge >= 0.3 is 0 Å². The molecule has 6 rings (SSSR count). The number of nitro benzene ring substituents is 1. The van der Waals surface area contributed by atoms with E-state index in [1.165, 1.54) is 43.3 Å². The van der Waals surface area contributed by atoms with Crippen molar-refractivity contribution in [2.24, 2.45) is 0 Å². The van der Waals surface area contributed by atoms with Gasteiger partial charge < -0.3 is 15.0 Å². The maximum Gasteiger partial charge on any atom is 0.293 e. The quantitative estimate of drug-likeness (QED) is 0.202. The largest absolute Gasteiger partial charge is 0.455 e. The van der Waals surface area contributed by atoms with Crippen LogP contribution in [0.25, 0.3) is 11.0 Å². The lowest BCUT2D eigenvalue weighted by Gasteiger charge is -2.17. The Morgan fingerprint density at radius 2 is 1.95 bits per heavy atom. The van der Waals surface area contributed by atoms with Crippen molar-refractivity contribution in [2.75, 3.05) is 18.4 Å². The van der Waals surface area contributed by atoms with Crippen LogP contribution in [0, 0.1) is 10.1 Å². The molecule has 2 fully saturated rings. The number of rotatable bonds is 9. The molecule has 1 saturated carbocycles. The van der Waals surface area contributed by atoms with Crippen molar-refractivity contribution < 1.29 is 22.9 Å². The molecule has 2 aliphatic rings. The number of nitrogens with one attached hydrogen (secondary N) is 3. The average molecular weight is 563 g/mol. The van der Waals surface area contributed by atoms with Gasteiger partial charge in [0.05, 0.1) is 21.6 Å². The molecular formula is C27H26N6O6S. The molecule has 0 bridgehead atoms. The fourth-order valence-corrected chi connectivity index (χ4v) is 5.92. The van der Waals surface area contributed by atoms with Crippen LogP contribution in [0.2, 0.25) is 0 Å². The smallest absolute Gasteiger partial charge is 0.293 e. The predicted octanol–water partition coefficient (Wildman–Crippen LogP) is 4.03. The highest BCUT2D eigenvalue weighted by atomic mass is 32.2. The predicted molar refractivity (Wildman–Crippen MR) is 147 cm³/mol. The number of benzene rings is 2. The summed E-state index contributed by atoms with van der Waals surface area (Å²) in [6.45, 7) is 1.71. The van der Waals surface area contributed by atoms with E-state index in [1.807, 2.05) is 10.8 Å². The summed E-state index contributed by atoms with van der Waals surface area (Å²) in [6, 6.07) is 13.9. The van der Waals surface area contributed by atoms with E-state index in [9.17, 15) is 23.3 Å². The second kappa shape index (κ2) is 10.2. The highest BCUT2D eigenvalue weighted by Gasteiger charge is 2.35. The average Bonchev–Trinajstić information content (AvgIpc) is 3.49. The Bertz CT molecular complexity index is 1720. The first-order valence-corrected chi connectivity index (χ1v) is 14.3. The first-order valence-electron chi connectivity index (χ1n) is 12.8. The van der Waals surface area contributed by atoms with Crippen LogP contribution >= 0.6 is 0 Å². The number of aromatic nitrogens is 2. The summed E-state index contributed by atoms with van der Waals surface area (Å²) in [4.78, 5) is 33.5. The fraction of sp³-hybridized carbons (Fsp3) is 0.259. The maximum absolute atomic E-state index is 13.1. The van der Waals surface area contributed by atoms with Gasteiger partial charge in [-0.1, -0.05) is 12.1 Å². The van der Waals surface area contributed by atoms with E-state index in [2.05, 4.69) is 20.2 Å². The van der Waals surface area contributed by atoms with Crippen LogP contribution in [-0.4, -0.2) is 59.3 Å². The Hall–Kier alpha value is -4.49. The summed E-state index contributed by atoms with van der Waals surface area (Å²) in [5.41, 5.74) is 0.499. The van der Waals surface area contributed by atoms with Gasteiger partial charge in [0, 0.05) is 42.8 Å². The maximum atomic E-state index is 13.1. The Morgan fingerprint density at radius 3 is 2.75 bits per heavy atom. The molecule has 0 unspecified atom stereocenters. The van der Waals surface area contributed by atoms with Crippen LogP contribution in [0.4, 0.5) is 11.4 Å². The van der Waals surface area contributed by atoms with Gasteiger partial charge in [-0.3, -0.25) is 19.8 Å². The van der Waals surface area contributed by atoms with Crippen LogP contribution in [-0.2, 0) is 10.0 Å². The molecule has 0 radical (unpaired) electrons. The number of nitro groups is 1. The number of fused-ring (bicyclic) bond motifs is 1. The standard InChI is InChI=1S/C27H26N6O6S/c34-27(22-3-1-2-4-25(22)39-20-13-17-9-11-28-26(17)29-15-20)31-40(37,38)21-7-8-23(24(14-21)33(35)36)30-18-10-12-32(16-18)19-5-6-19/h1-4,7-9,11,13-15,18-19,30H,5-6,10,12,16H2,(H,28,29)(H,31,34)/t18-/m1/s1. The van der Waals surface area contributed by atoms with Crippen molar-refractivity contribution >= 4 is 38.3 Å². The fourth-order valence-electron chi connectivity index (χ4n) is 4.93. The van der Waals surface area contributed by atoms with Gasteiger partial charge in [-0.05, 0) is 55.7 Å². The van der Waals surface area contributed by atoms with E-state index < -0.39 is 25.7 Å². The van der Waals surface area contributed by atoms with Crippen LogP contribution in [0.15, 0.2) is 71.9 Å². The number of carbonyl (C=O) groups is 1. The Morgan fingerprint density at radius 1 is 1.12 bits per heavy atom. The molecule has 206 valence electrons. The molecule has 12 nitrogen and oxygen atoms in total. The number of likely N-dealkylation sites (tertiary alicyclic amines) is 1. The molecule has 1 amide bonds. The molecule has 2 aromatic carbocycles. The Kier molecular flexibility index (Phi) is 6.60. The van der Waals surface area contributed by atoms with Crippen molar-refractivity contribution in [1.82, 2.24) is 19.6 Å². The summed E-state index contributed by atoms with van der Waals surface area (Å²) in [5.74, 6) is -0.465. The topological polar surface area (TPSA) is 160 Å². The van der Waals surface area contributed by atoms with Crippen molar-refractivity contribution in [3.05, 3.63) is 82.7 Å². The van der Waals surface area contributed by atoms with Gasteiger partial charge in [-0.25, -0.2) is 18.1 Å². The molecular weight excluding hydrogens is 536 g/mol. The van der Waals surface area contributed by atoms with Crippen molar-refractivity contribution in [1.29, 1.82) is 0 Å². The van der Waals surface area contributed by atoms with E-state index >= 15 is 0 Å². The van der Waals surface area contributed by atoms with E-state index in [0.717, 1.165) is 31.0 Å². The van der Waals surface area contributed by atoms with Crippen molar-refractivity contribution in [2.45, 2.75) is 36.2 Å². The zero-order valence-electron chi connectivity index (χ0n) is 21.2. The van der Waals surface area contributed by atoms with Crippen LogP contribution in [0.3, 0.4) is 0 Å². The number of para-hydroxylation sites is 1. The number of ether oxygens (including phenoxy) is 1. The Labute approximate surface area is 229 Å². The highest BCUT2D eigenvalue weighted by Crippen LogP contribution is 2.33. The lowest BCUT2D eigenvalue weighted by atomic mass is 10.2. The summed E-state index contributed by atoms with van der Waals surface area (Å²) in [7, 11) is -4.44. The molecule has 40 heavy (non-hydrogen) atoms. The summed E-state index contributed by atoms with van der Waals surface area (Å²) in [5, 5.41) is 15.8. The Balaban J connectivity index is 1.19.